The quantitative estimate of drug-likeness (QED) is 0.924. The second-order valence-corrected chi connectivity index (χ2v) is 5.07. The summed E-state index contributed by atoms with van der Waals surface area (Å²) in [5.74, 6) is 0.597. The zero-order valence-electron chi connectivity index (χ0n) is 12.0. The number of hydrogen-bond donors (Lipinski definition) is 1. The highest BCUT2D eigenvalue weighted by Crippen LogP contribution is 2.16. The first kappa shape index (κ1) is 15.3. The average Bonchev–Trinajstić information content (AvgIpc) is 2.47. The number of carbonyl (C=O) groups excluding carboxylic acids is 1. The normalized spacial score (nSPS) is 10.2. The lowest BCUT2D eigenvalue weighted by molar-refractivity contribution is 0.0954. The monoisotopic (exact) mass is 304 g/mol. The molecule has 5 heteroatoms. The smallest absolute Gasteiger partial charge is 0.254 e. The minimum atomic E-state index is -0.213. The molecule has 0 aliphatic heterocycles. The number of carbonyl (C=O) groups is 1. The van der Waals surface area contributed by atoms with E-state index in [4.69, 9.17) is 16.3 Å². The summed E-state index contributed by atoms with van der Waals surface area (Å²) in [6.07, 6.45) is 2.22. The van der Waals surface area contributed by atoms with Crippen LogP contribution in [0.15, 0.2) is 36.5 Å². The molecule has 0 fully saturated rings. The topological polar surface area (TPSA) is 51.2 Å². The van der Waals surface area contributed by atoms with Gasteiger partial charge in [-0.2, -0.15) is 0 Å². The number of aromatic nitrogens is 1. The third kappa shape index (κ3) is 4.20. The van der Waals surface area contributed by atoms with E-state index in [-0.39, 0.29) is 5.91 Å². The number of benzene rings is 1. The number of nitrogens with one attached hydrogen (secondary N) is 1. The third-order valence-electron chi connectivity index (χ3n) is 3.07. The number of aryl methyl sites for hydroxylation is 1. The van der Waals surface area contributed by atoms with Crippen molar-refractivity contribution in [3.63, 3.8) is 0 Å². The lowest BCUT2D eigenvalue weighted by Gasteiger charge is -2.08. The molecule has 0 saturated heterocycles. The van der Waals surface area contributed by atoms with Crippen LogP contribution in [-0.2, 0) is 6.42 Å². The van der Waals surface area contributed by atoms with Gasteiger partial charge in [-0.25, -0.2) is 0 Å². The summed E-state index contributed by atoms with van der Waals surface area (Å²) in [5.41, 5.74) is 2.28. The van der Waals surface area contributed by atoms with Crippen molar-refractivity contribution in [1.82, 2.24) is 10.3 Å². The zero-order chi connectivity index (χ0) is 15.2. The summed E-state index contributed by atoms with van der Waals surface area (Å²) >= 11 is 6.04. The van der Waals surface area contributed by atoms with E-state index in [1.165, 1.54) is 6.20 Å². The van der Waals surface area contributed by atoms with Gasteiger partial charge in [-0.15, -0.1) is 0 Å². The van der Waals surface area contributed by atoms with E-state index in [1.807, 2.05) is 31.2 Å². The molecule has 4 nitrogen and oxygen atoms in total. The van der Waals surface area contributed by atoms with Crippen molar-refractivity contribution < 1.29 is 9.53 Å². The Morgan fingerprint density at radius 3 is 2.90 bits per heavy atom. The molecule has 1 amide bonds. The van der Waals surface area contributed by atoms with Crippen molar-refractivity contribution in [2.45, 2.75) is 13.3 Å². The first-order chi connectivity index (χ1) is 10.1. The molecule has 2 aromatic rings. The minimum absolute atomic E-state index is 0.213. The molecule has 0 saturated carbocycles. The van der Waals surface area contributed by atoms with Crippen molar-refractivity contribution in [3.05, 3.63) is 58.4 Å². The number of hydrogen-bond acceptors (Lipinski definition) is 3. The van der Waals surface area contributed by atoms with Gasteiger partial charge in [0.05, 0.1) is 17.7 Å². The molecule has 21 heavy (non-hydrogen) atoms. The number of rotatable bonds is 5. The Kier molecular flexibility index (Phi) is 5.17. The SMILES string of the molecule is COc1cccc(CCNC(=O)c2cnc(C)cc2Cl)c1. The molecule has 0 bridgehead atoms. The van der Waals surface area contributed by atoms with Gasteiger partial charge in [0, 0.05) is 18.4 Å². The number of methoxy groups -OCH3 is 1. The molecule has 2 rings (SSSR count). The van der Waals surface area contributed by atoms with Gasteiger partial charge < -0.3 is 10.1 Å². The first-order valence-corrected chi connectivity index (χ1v) is 7.01. The largest absolute Gasteiger partial charge is 0.497 e. The van der Waals surface area contributed by atoms with Crippen molar-refractivity contribution in [2.24, 2.45) is 0 Å². The molecular weight excluding hydrogens is 288 g/mol. The van der Waals surface area contributed by atoms with Crippen LogP contribution in [0.5, 0.6) is 5.75 Å². The highest BCUT2D eigenvalue weighted by atomic mass is 35.5. The Morgan fingerprint density at radius 1 is 1.38 bits per heavy atom. The summed E-state index contributed by atoms with van der Waals surface area (Å²) in [6.45, 7) is 2.35. The van der Waals surface area contributed by atoms with Crippen LogP contribution in [0.1, 0.15) is 21.6 Å². The predicted molar refractivity (Wildman–Crippen MR) is 83.0 cm³/mol. The van der Waals surface area contributed by atoms with Gasteiger partial charge in [0.2, 0.25) is 0 Å². The Morgan fingerprint density at radius 2 is 2.19 bits per heavy atom. The van der Waals surface area contributed by atoms with E-state index < -0.39 is 0 Å². The first-order valence-electron chi connectivity index (χ1n) is 6.63. The molecule has 1 heterocycles. The van der Waals surface area contributed by atoms with Crippen molar-refractivity contribution in [1.29, 1.82) is 0 Å². The van der Waals surface area contributed by atoms with E-state index in [2.05, 4.69) is 10.3 Å². The molecule has 0 aliphatic carbocycles. The molecular formula is C16H17ClN2O2. The zero-order valence-corrected chi connectivity index (χ0v) is 12.8. The molecule has 1 N–H and O–H groups in total. The van der Waals surface area contributed by atoms with Crippen molar-refractivity contribution in [3.8, 4) is 5.75 Å². The lowest BCUT2D eigenvalue weighted by atomic mass is 10.1. The second-order valence-electron chi connectivity index (χ2n) is 4.66. The van der Waals surface area contributed by atoms with E-state index in [9.17, 15) is 4.79 Å². The molecule has 0 radical (unpaired) electrons. The molecule has 0 spiro atoms. The van der Waals surface area contributed by atoms with E-state index in [1.54, 1.807) is 13.2 Å². The fraction of sp³-hybridized carbons (Fsp3) is 0.250. The second kappa shape index (κ2) is 7.09. The highest BCUT2D eigenvalue weighted by Gasteiger charge is 2.10. The summed E-state index contributed by atoms with van der Waals surface area (Å²) < 4.78 is 5.17. The van der Waals surface area contributed by atoms with Gasteiger partial charge in [-0.05, 0) is 37.1 Å². The van der Waals surface area contributed by atoms with Crippen LogP contribution in [0.3, 0.4) is 0 Å². The van der Waals surface area contributed by atoms with Gasteiger partial charge in [0.1, 0.15) is 5.75 Å². The maximum atomic E-state index is 12.0. The Hall–Kier alpha value is -2.07. The van der Waals surface area contributed by atoms with E-state index in [0.29, 0.717) is 17.1 Å². The van der Waals surface area contributed by atoms with Gasteiger partial charge in [-0.3, -0.25) is 9.78 Å². The van der Waals surface area contributed by atoms with E-state index in [0.717, 1.165) is 23.4 Å². The van der Waals surface area contributed by atoms with Crippen LogP contribution in [0.4, 0.5) is 0 Å². The van der Waals surface area contributed by atoms with Crippen LogP contribution in [-0.4, -0.2) is 24.5 Å². The Labute approximate surface area is 129 Å². The summed E-state index contributed by atoms with van der Waals surface area (Å²) in [4.78, 5) is 16.1. The molecule has 0 atom stereocenters. The highest BCUT2D eigenvalue weighted by molar-refractivity contribution is 6.33. The number of amides is 1. The maximum absolute atomic E-state index is 12.0. The molecule has 0 aliphatic rings. The fourth-order valence-corrected chi connectivity index (χ4v) is 2.23. The summed E-state index contributed by atoms with van der Waals surface area (Å²) in [5, 5.41) is 3.26. The van der Waals surface area contributed by atoms with Crippen LogP contribution in [0.25, 0.3) is 0 Å². The lowest BCUT2D eigenvalue weighted by Crippen LogP contribution is -2.26. The van der Waals surface area contributed by atoms with Gasteiger partial charge in [0.15, 0.2) is 0 Å². The Balaban J connectivity index is 1.92. The van der Waals surface area contributed by atoms with Crippen LogP contribution in [0, 0.1) is 6.92 Å². The van der Waals surface area contributed by atoms with Crippen LogP contribution >= 0.6 is 11.6 Å². The van der Waals surface area contributed by atoms with Gasteiger partial charge in [-0.1, -0.05) is 23.7 Å². The Bertz CT molecular complexity index is 644. The maximum Gasteiger partial charge on any atom is 0.254 e. The number of nitrogens with zero attached hydrogens (tertiary/aromatic N) is 1. The van der Waals surface area contributed by atoms with Gasteiger partial charge >= 0.3 is 0 Å². The van der Waals surface area contributed by atoms with E-state index >= 15 is 0 Å². The number of ether oxygens (including phenoxy) is 1. The van der Waals surface area contributed by atoms with Gasteiger partial charge in [0.25, 0.3) is 5.91 Å². The van der Waals surface area contributed by atoms with Crippen molar-refractivity contribution in [2.75, 3.05) is 13.7 Å². The number of halogens is 1. The average molecular weight is 305 g/mol. The van der Waals surface area contributed by atoms with Crippen LogP contribution < -0.4 is 10.1 Å². The molecule has 110 valence electrons. The molecule has 1 aromatic carbocycles. The molecule has 0 unspecified atom stereocenters. The standard InChI is InChI=1S/C16H17ClN2O2/c1-11-8-15(17)14(10-19-11)16(20)18-7-6-12-4-3-5-13(9-12)21-2/h3-5,8-10H,6-7H2,1-2H3,(H,18,20). The predicted octanol–water partition coefficient (Wildman–Crippen LogP) is 3.02. The van der Waals surface area contributed by atoms with Crippen molar-refractivity contribution >= 4 is 17.5 Å². The minimum Gasteiger partial charge on any atom is -0.497 e. The number of pyridine rings is 1. The van der Waals surface area contributed by atoms with Crippen LogP contribution in [0.2, 0.25) is 5.02 Å². The molecule has 1 aromatic heterocycles. The fourth-order valence-electron chi connectivity index (χ4n) is 1.94. The summed E-state index contributed by atoms with van der Waals surface area (Å²) in [6, 6.07) is 9.44. The third-order valence-corrected chi connectivity index (χ3v) is 3.38. The summed E-state index contributed by atoms with van der Waals surface area (Å²) in [7, 11) is 1.63.